The number of hydrogen-bond acceptors (Lipinski definition) is 2. The first kappa shape index (κ1) is 14.7. The van der Waals surface area contributed by atoms with Crippen molar-refractivity contribution >= 4 is 11.0 Å². The minimum absolute atomic E-state index is 0.646. The first-order valence-electron chi connectivity index (χ1n) is 7.85. The van der Waals surface area contributed by atoms with E-state index in [1.807, 2.05) is 6.20 Å². The summed E-state index contributed by atoms with van der Waals surface area (Å²) in [5, 5.41) is 0. The summed E-state index contributed by atoms with van der Waals surface area (Å²) in [6, 6.07) is 12.9. The first-order chi connectivity index (χ1) is 10.5. The lowest BCUT2D eigenvalue weighted by molar-refractivity contribution is 0.647. The average molecular weight is 290 g/mol. The Morgan fingerprint density at radius 3 is 2.32 bits per heavy atom. The lowest BCUT2D eigenvalue weighted by Crippen LogP contribution is -1.95. The van der Waals surface area contributed by atoms with Gasteiger partial charge in [0.2, 0.25) is 0 Å². The number of rotatable bonds is 3. The zero-order chi connectivity index (χ0) is 15.7. The highest BCUT2D eigenvalue weighted by Crippen LogP contribution is 2.23. The van der Waals surface area contributed by atoms with Gasteiger partial charge >= 0.3 is 0 Å². The third-order valence-corrected chi connectivity index (χ3v) is 3.77. The van der Waals surface area contributed by atoms with Crippen LogP contribution in [0.5, 0.6) is 0 Å². The van der Waals surface area contributed by atoms with Crippen molar-refractivity contribution in [3.05, 3.63) is 59.3 Å². The van der Waals surface area contributed by atoms with E-state index in [-0.39, 0.29) is 0 Å². The molecule has 1 heterocycles. The number of benzene rings is 2. The summed E-state index contributed by atoms with van der Waals surface area (Å²) in [4.78, 5) is 9.41. The zero-order valence-electron chi connectivity index (χ0n) is 13.7. The summed E-state index contributed by atoms with van der Waals surface area (Å²) in [6.45, 7) is 8.71. The summed E-state index contributed by atoms with van der Waals surface area (Å²) in [5.74, 6) is 0.646. The van der Waals surface area contributed by atoms with Crippen LogP contribution >= 0.6 is 0 Å². The third kappa shape index (κ3) is 3.16. The Morgan fingerprint density at radius 1 is 0.909 bits per heavy atom. The second kappa shape index (κ2) is 5.88. The van der Waals surface area contributed by atoms with E-state index in [0.717, 1.165) is 28.7 Å². The van der Waals surface area contributed by atoms with Crippen LogP contribution in [0.2, 0.25) is 0 Å². The molecule has 3 aromatic rings. The van der Waals surface area contributed by atoms with E-state index in [9.17, 15) is 0 Å². The molecule has 0 aliphatic rings. The Bertz CT molecular complexity index is 799. The molecule has 3 rings (SSSR count). The molecule has 0 aliphatic heterocycles. The van der Waals surface area contributed by atoms with E-state index in [0.29, 0.717) is 5.92 Å². The van der Waals surface area contributed by atoms with Crippen molar-refractivity contribution in [1.82, 2.24) is 9.97 Å². The van der Waals surface area contributed by atoms with Crippen LogP contribution in [-0.4, -0.2) is 9.97 Å². The fourth-order valence-corrected chi connectivity index (χ4v) is 2.92. The van der Waals surface area contributed by atoms with E-state index in [2.05, 4.69) is 69.1 Å². The number of hydrogen-bond donors (Lipinski definition) is 0. The smallest absolute Gasteiger partial charge is 0.0897 e. The monoisotopic (exact) mass is 290 g/mol. The van der Waals surface area contributed by atoms with Crippen LogP contribution in [0.3, 0.4) is 0 Å². The molecule has 0 spiro atoms. The van der Waals surface area contributed by atoms with Crippen molar-refractivity contribution < 1.29 is 0 Å². The van der Waals surface area contributed by atoms with Gasteiger partial charge in [-0.1, -0.05) is 37.1 Å². The molecule has 22 heavy (non-hydrogen) atoms. The topological polar surface area (TPSA) is 25.8 Å². The van der Waals surface area contributed by atoms with Crippen LogP contribution < -0.4 is 0 Å². The lowest BCUT2D eigenvalue weighted by atomic mass is 10.0. The highest BCUT2D eigenvalue weighted by molar-refractivity contribution is 5.78. The molecule has 1 aromatic heterocycles. The Hall–Kier alpha value is -2.22. The molecule has 2 aromatic carbocycles. The average Bonchev–Trinajstić information content (AvgIpc) is 2.45. The van der Waals surface area contributed by atoms with Crippen molar-refractivity contribution in [2.24, 2.45) is 5.92 Å². The van der Waals surface area contributed by atoms with Crippen molar-refractivity contribution in [1.29, 1.82) is 0 Å². The molecule has 0 unspecified atom stereocenters. The fourth-order valence-electron chi connectivity index (χ4n) is 2.92. The van der Waals surface area contributed by atoms with Crippen LogP contribution in [0.15, 0.2) is 42.6 Å². The Morgan fingerprint density at radius 2 is 1.64 bits per heavy atom. The number of nitrogens with zero attached hydrogens (tertiary/aromatic N) is 2. The van der Waals surface area contributed by atoms with Gasteiger partial charge in [-0.3, -0.25) is 4.98 Å². The normalized spacial score (nSPS) is 11.3. The molecular formula is C20H22N2. The molecule has 0 N–H and O–H groups in total. The summed E-state index contributed by atoms with van der Waals surface area (Å²) in [5.41, 5.74) is 7.86. The van der Waals surface area contributed by atoms with Gasteiger partial charge in [0.05, 0.1) is 22.9 Å². The SMILES string of the molecule is Cc1cc(C)cc(-c2cnc3ccc(CC(C)C)cc3n2)c1. The van der Waals surface area contributed by atoms with Gasteiger partial charge in [0, 0.05) is 5.56 Å². The van der Waals surface area contributed by atoms with Crippen molar-refractivity contribution in [3.63, 3.8) is 0 Å². The maximum absolute atomic E-state index is 4.83. The van der Waals surface area contributed by atoms with Crippen LogP contribution in [0.4, 0.5) is 0 Å². The molecule has 112 valence electrons. The molecule has 0 radical (unpaired) electrons. The van der Waals surface area contributed by atoms with E-state index in [1.54, 1.807) is 0 Å². The van der Waals surface area contributed by atoms with Crippen LogP contribution in [0, 0.1) is 19.8 Å². The van der Waals surface area contributed by atoms with Gasteiger partial charge in [-0.15, -0.1) is 0 Å². The predicted molar refractivity (Wildman–Crippen MR) is 93.0 cm³/mol. The van der Waals surface area contributed by atoms with Crippen molar-refractivity contribution in [2.75, 3.05) is 0 Å². The van der Waals surface area contributed by atoms with Gasteiger partial charge in [-0.05, 0) is 56.0 Å². The molecule has 0 bridgehead atoms. The Kier molecular flexibility index (Phi) is 3.93. The van der Waals surface area contributed by atoms with E-state index in [4.69, 9.17) is 4.98 Å². The molecule has 0 aliphatic carbocycles. The lowest BCUT2D eigenvalue weighted by Gasteiger charge is -2.08. The Labute approximate surface area is 132 Å². The number of aromatic nitrogens is 2. The van der Waals surface area contributed by atoms with Gasteiger partial charge < -0.3 is 0 Å². The van der Waals surface area contributed by atoms with Gasteiger partial charge in [0.15, 0.2) is 0 Å². The maximum Gasteiger partial charge on any atom is 0.0897 e. The van der Waals surface area contributed by atoms with Gasteiger partial charge in [0.25, 0.3) is 0 Å². The first-order valence-corrected chi connectivity index (χ1v) is 7.85. The standard InChI is InChI=1S/C20H22N2/c1-13(2)7-16-5-6-18-19(11-16)22-20(12-21-18)17-9-14(3)8-15(4)10-17/h5-6,8-13H,7H2,1-4H3. The van der Waals surface area contributed by atoms with Crippen LogP contribution in [0.25, 0.3) is 22.3 Å². The molecule has 2 nitrogen and oxygen atoms in total. The van der Waals surface area contributed by atoms with Crippen LogP contribution in [0.1, 0.15) is 30.5 Å². The highest BCUT2D eigenvalue weighted by Gasteiger charge is 2.06. The highest BCUT2D eigenvalue weighted by atomic mass is 14.8. The molecule has 2 heteroatoms. The molecule has 0 saturated heterocycles. The molecule has 0 saturated carbocycles. The number of fused-ring (bicyclic) bond motifs is 1. The van der Waals surface area contributed by atoms with E-state index >= 15 is 0 Å². The van der Waals surface area contributed by atoms with Crippen molar-refractivity contribution in [2.45, 2.75) is 34.1 Å². The number of aryl methyl sites for hydroxylation is 2. The summed E-state index contributed by atoms with van der Waals surface area (Å²) in [7, 11) is 0. The minimum Gasteiger partial charge on any atom is -0.252 e. The van der Waals surface area contributed by atoms with Crippen LogP contribution in [-0.2, 0) is 6.42 Å². The second-order valence-electron chi connectivity index (χ2n) is 6.55. The van der Waals surface area contributed by atoms with Crippen molar-refractivity contribution in [3.8, 4) is 11.3 Å². The van der Waals surface area contributed by atoms with Gasteiger partial charge in [-0.2, -0.15) is 0 Å². The maximum atomic E-state index is 4.83. The zero-order valence-corrected chi connectivity index (χ0v) is 13.7. The Balaban J connectivity index is 2.07. The fraction of sp³-hybridized carbons (Fsp3) is 0.300. The van der Waals surface area contributed by atoms with Gasteiger partial charge in [0.1, 0.15) is 0 Å². The third-order valence-electron chi connectivity index (χ3n) is 3.77. The molecule has 0 fully saturated rings. The quantitative estimate of drug-likeness (QED) is 0.669. The van der Waals surface area contributed by atoms with Gasteiger partial charge in [-0.25, -0.2) is 4.98 Å². The molecular weight excluding hydrogens is 268 g/mol. The van der Waals surface area contributed by atoms with E-state index in [1.165, 1.54) is 16.7 Å². The predicted octanol–water partition coefficient (Wildman–Crippen LogP) is 5.11. The largest absolute Gasteiger partial charge is 0.252 e. The summed E-state index contributed by atoms with van der Waals surface area (Å²) >= 11 is 0. The molecule has 0 atom stereocenters. The minimum atomic E-state index is 0.646. The second-order valence-corrected chi connectivity index (χ2v) is 6.55. The van der Waals surface area contributed by atoms with E-state index < -0.39 is 0 Å². The molecule has 0 amide bonds. The summed E-state index contributed by atoms with van der Waals surface area (Å²) in [6.07, 6.45) is 2.95. The summed E-state index contributed by atoms with van der Waals surface area (Å²) < 4.78 is 0.